The van der Waals surface area contributed by atoms with Gasteiger partial charge >= 0.3 is 6.11 Å². The van der Waals surface area contributed by atoms with E-state index in [0.29, 0.717) is 11.4 Å². The molecular formula is C8H7F2NO2. The summed E-state index contributed by atoms with van der Waals surface area (Å²) in [7, 11) is 0. The molecule has 0 spiro atoms. The number of aromatic nitrogens is 1. The Morgan fingerprint density at radius 2 is 2.23 bits per heavy atom. The Kier molecular flexibility index (Phi) is 1.61. The molecule has 0 saturated heterocycles. The maximum Gasteiger partial charge on any atom is 0.433 e. The summed E-state index contributed by atoms with van der Waals surface area (Å²) in [5.74, 6) is 0.306. The number of halogens is 2. The third-order valence-corrected chi connectivity index (χ3v) is 1.62. The second kappa shape index (κ2) is 2.55. The van der Waals surface area contributed by atoms with Gasteiger partial charge in [0.05, 0.1) is 6.20 Å². The molecule has 13 heavy (non-hydrogen) atoms. The number of hydrogen-bond donors (Lipinski definition) is 0. The van der Waals surface area contributed by atoms with Gasteiger partial charge in [0, 0.05) is 11.8 Å². The lowest BCUT2D eigenvalue weighted by molar-refractivity contribution is -0.209. The van der Waals surface area contributed by atoms with Crippen molar-refractivity contribution in [1.29, 1.82) is 0 Å². The molecule has 3 nitrogen and oxygen atoms in total. The first-order chi connectivity index (χ1) is 6.07. The van der Waals surface area contributed by atoms with E-state index in [0.717, 1.165) is 0 Å². The van der Waals surface area contributed by atoms with Gasteiger partial charge in [-0.1, -0.05) is 0 Å². The van der Waals surface area contributed by atoms with E-state index in [-0.39, 0.29) is 5.75 Å². The van der Waals surface area contributed by atoms with Gasteiger partial charge in [0.2, 0.25) is 0 Å². The van der Waals surface area contributed by atoms with E-state index in [1.807, 2.05) is 0 Å². The van der Waals surface area contributed by atoms with Crippen LogP contribution in [0.1, 0.15) is 5.69 Å². The fraction of sp³-hybridized carbons (Fsp3) is 0.375. The van der Waals surface area contributed by atoms with Crippen LogP contribution in [-0.4, -0.2) is 17.7 Å². The number of alkyl halides is 2. The fourth-order valence-electron chi connectivity index (χ4n) is 1.06. The zero-order valence-electron chi connectivity index (χ0n) is 6.88. The quantitative estimate of drug-likeness (QED) is 0.620. The Morgan fingerprint density at radius 1 is 1.46 bits per heavy atom. The molecule has 0 aliphatic carbocycles. The molecule has 2 heterocycles. The third-order valence-electron chi connectivity index (χ3n) is 1.62. The van der Waals surface area contributed by atoms with Crippen molar-refractivity contribution in [2.75, 3.05) is 6.61 Å². The number of ether oxygens (including phenoxy) is 2. The van der Waals surface area contributed by atoms with E-state index >= 15 is 0 Å². The number of fused-ring (bicyclic) bond motifs is 1. The monoisotopic (exact) mass is 187 g/mol. The predicted molar refractivity (Wildman–Crippen MR) is 40.0 cm³/mol. The van der Waals surface area contributed by atoms with E-state index < -0.39 is 12.7 Å². The summed E-state index contributed by atoms with van der Waals surface area (Å²) in [6.07, 6.45) is -2.01. The summed E-state index contributed by atoms with van der Waals surface area (Å²) in [4.78, 5) is 3.82. The summed E-state index contributed by atoms with van der Waals surface area (Å²) in [5.41, 5.74) is 0.701. The van der Waals surface area contributed by atoms with Gasteiger partial charge in [0.15, 0.2) is 18.1 Å². The van der Waals surface area contributed by atoms with Crippen LogP contribution in [-0.2, 0) is 0 Å². The van der Waals surface area contributed by atoms with Gasteiger partial charge in [-0.2, -0.15) is 8.78 Å². The summed E-state index contributed by atoms with van der Waals surface area (Å²) in [5, 5.41) is 0. The molecule has 0 atom stereocenters. The molecule has 0 N–H and O–H groups in total. The molecule has 1 aliphatic heterocycles. The average Bonchev–Trinajstić information content (AvgIpc) is 2.05. The fourth-order valence-corrected chi connectivity index (χ4v) is 1.06. The largest absolute Gasteiger partial charge is 0.479 e. The first-order valence-electron chi connectivity index (χ1n) is 3.73. The van der Waals surface area contributed by atoms with E-state index in [4.69, 9.17) is 4.74 Å². The highest BCUT2D eigenvalue weighted by Crippen LogP contribution is 2.35. The maximum atomic E-state index is 12.6. The topological polar surface area (TPSA) is 31.4 Å². The van der Waals surface area contributed by atoms with E-state index in [1.165, 1.54) is 6.20 Å². The molecule has 1 aromatic rings. The number of aryl methyl sites for hydroxylation is 1. The molecule has 1 aromatic heterocycles. The molecule has 0 radical (unpaired) electrons. The summed E-state index contributed by atoms with van der Waals surface area (Å²) in [6.45, 7) is 1.000. The van der Waals surface area contributed by atoms with Crippen molar-refractivity contribution >= 4 is 0 Å². The average molecular weight is 187 g/mol. The van der Waals surface area contributed by atoms with Crippen LogP contribution in [0.3, 0.4) is 0 Å². The van der Waals surface area contributed by atoms with Crippen LogP contribution < -0.4 is 9.47 Å². The minimum absolute atomic E-state index is 0.0122. The van der Waals surface area contributed by atoms with E-state index in [1.54, 1.807) is 13.0 Å². The third kappa shape index (κ3) is 1.54. The smallest absolute Gasteiger partial charge is 0.433 e. The Morgan fingerprint density at radius 3 is 3.00 bits per heavy atom. The van der Waals surface area contributed by atoms with Gasteiger partial charge in [-0.3, -0.25) is 4.98 Å². The van der Waals surface area contributed by atoms with Crippen molar-refractivity contribution in [2.45, 2.75) is 13.0 Å². The molecule has 0 unspecified atom stereocenters. The lowest BCUT2D eigenvalue weighted by Crippen LogP contribution is -2.36. The van der Waals surface area contributed by atoms with Gasteiger partial charge in [0.25, 0.3) is 0 Å². The van der Waals surface area contributed by atoms with Gasteiger partial charge in [0.1, 0.15) is 0 Å². The van der Waals surface area contributed by atoms with Gasteiger partial charge in [-0.05, 0) is 6.92 Å². The standard InChI is InChI=1S/C8H7F2NO2/c1-5-2-6-7(3-11-5)13-8(9,10)4-12-6/h2-3H,4H2,1H3. The van der Waals surface area contributed by atoms with Crippen LogP contribution >= 0.6 is 0 Å². The molecule has 0 saturated carbocycles. The van der Waals surface area contributed by atoms with Gasteiger partial charge in [-0.15, -0.1) is 0 Å². The lowest BCUT2D eigenvalue weighted by Gasteiger charge is -2.25. The molecule has 0 amide bonds. The molecule has 5 heteroatoms. The number of pyridine rings is 1. The van der Waals surface area contributed by atoms with Crippen molar-refractivity contribution in [3.05, 3.63) is 18.0 Å². The Balaban J connectivity index is 2.37. The van der Waals surface area contributed by atoms with Crippen molar-refractivity contribution in [3.63, 3.8) is 0 Å². The molecule has 0 bridgehead atoms. The first kappa shape index (κ1) is 8.22. The van der Waals surface area contributed by atoms with Crippen LogP contribution in [0.15, 0.2) is 12.3 Å². The zero-order chi connectivity index (χ0) is 9.47. The zero-order valence-corrected chi connectivity index (χ0v) is 6.88. The van der Waals surface area contributed by atoms with Crippen molar-refractivity contribution in [3.8, 4) is 11.5 Å². The minimum atomic E-state index is -3.25. The van der Waals surface area contributed by atoms with Crippen LogP contribution in [0.2, 0.25) is 0 Å². The highest BCUT2D eigenvalue weighted by atomic mass is 19.3. The van der Waals surface area contributed by atoms with Crippen LogP contribution in [0, 0.1) is 6.92 Å². The second-order valence-corrected chi connectivity index (χ2v) is 2.80. The summed E-state index contributed by atoms with van der Waals surface area (Å²) in [6, 6.07) is 1.56. The lowest BCUT2D eigenvalue weighted by atomic mass is 10.3. The maximum absolute atomic E-state index is 12.6. The first-order valence-corrected chi connectivity index (χ1v) is 3.73. The van der Waals surface area contributed by atoms with Gasteiger partial charge < -0.3 is 9.47 Å². The van der Waals surface area contributed by atoms with Crippen molar-refractivity contribution < 1.29 is 18.3 Å². The Labute approximate surface area is 73.3 Å². The summed E-state index contributed by atoms with van der Waals surface area (Å²) < 4.78 is 34.4. The molecule has 0 fully saturated rings. The van der Waals surface area contributed by atoms with Crippen LogP contribution in [0.25, 0.3) is 0 Å². The molecule has 0 aromatic carbocycles. The Hall–Kier alpha value is -1.39. The highest BCUT2D eigenvalue weighted by Gasteiger charge is 2.38. The molecular weight excluding hydrogens is 180 g/mol. The molecule has 2 rings (SSSR count). The van der Waals surface area contributed by atoms with E-state index in [2.05, 4.69) is 9.72 Å². The number of nitrogens with zero attached hydrogens (tertiary/aromatic N) is 1. The Bertz CT molecular complexity index is 341. The van der Waals surface area contributed by atoms with Crippen LogP contribution in [0.4, 0.5) is 8.78 Å². The molecule has 70 valence electrons. The van der Waals surface area contributed by atoms with Gasteiger partial charge in [-0.25, -0.2) is 0 Å². The van der Waals surface area contributed by atoms with Crippen molar-refractivity contribution in [2.24, 2.45) is 0 Å². The number of hydrogen-bond acceptors (Lipinski definition) is 3. The normalized spacial score (nSPS) is 18.4. The van der Waals surface area contributed by atoms with E-state index in [9.17, 15) is 8.78 Å². The van der Waals surface area contributed by atoms with Crippen LogP contribution in [0.5, 0.6) is 11.5 Å². The highest BCUT2D eigenvalue weighted by molar-refractivity contribution is 5.40. The second-order valence-electron chi connectivity index (χ2n) is 2.80. The number of rotatable bonds is 0. The predicted octanol–water partition coefficient (Wildman–Crippen LogP) is 1.75. The summed E-state index contributed by atoms with van der Waals surface area (Å²) >= 11 is 0. The minimum Gasteiger partial charge on any atom is -0.479 e. The molecule has 1 aliphatic rings. The van der Waals surface area contributed by atoms with Crippen molar-refractivity contribution in [1.82, 2.24) is 4.98 Å². The SMILES string of the molecule is Cc1cc2c(cn1)OC(F)(F)CO2.